The van der Waals surface area contributed by atoms with Crippen molar-refractivity contribution in [3.63, 3.8) is 0 Å². The second-order valence-electron chi connectivity index (χ2n) is 5.49. The number of fused-ring (bicyclic) bond motifs is 1. The van der Waals surface area contributed by atoms with Crippen molar-refractivity contribution in [2.75, 3.05) is 11.1 Å². The highest BCUT2D eigenvalue weighted by molar-refractivity contribution is 6.06. The van der Waals surface area contributed by atoms with Crippen LogP contribution in [0.25, 0.3) is 10.9 Å². The molecule has 1 amide bonds. The third-order valence-corrected chi connectivity index (χ3v) is 3.73. The molecule has 1 heterocycles. The SMILES string of the molecule is Nc1ccc(NC(=O)c2c[nH]c3cccc(O)c3c2=O)c(C(F)(F)F)c1. The van der Waals surface area contributed by atoms with Crippen LogP contribution < -0.4 is 16.5 Å². The summed E-state index contributed by atoms with van der Waals surface area (Å²) in [6.45, 7) is 0. The topological polar surface area (TPSA) is 108 Å². The molecule has 0 saturated heterocycles. The van der Waals surface area contributed by atoms with E-state index in [0.29, 0.717) is 6.07 Å². The molecule has 1 aromatic heterocycles. The summed E-state index contributed by atoms with van der Waals surface area (Å²) in [5.74, 6) is -1.39. The highest BCUT2D eigenvalue weighted by atomic mass is 19.4. The Morgan fingerprint density at radius 3 is 2.62 bits per heavy atom. The number of carbonyl (C=O) groups excluding carboxylic acids is 1. The van der Waals surface area contributed by atoms with E-state index in [-0.39, 0.29) is 22.3 Å². The summed E-state index contributed by atoms with van der Waals surface area (Å²) in [6, 6.07) is 7.16. The van der Waals surface area contributed by atoms with Crippen LogP contribution in [0.2, 0.25) is 0 Å². The molecule has 0 unspecified atom stereocenters. The fourth-order valence-corrected chi connectivity index (χ4v) is 2.51. The zero-order valence-corrected chi connectivity index (χ0v) is 13.0. The summed E-state index contributed by atoms with van der Waals surface area (Å²) in [6.07, 6.45) is -3.67. The summed E-state index contributed by atoms with van der Waals surface area (Å²) >= 11 is 0. The van der Waals surface area contributed by atoms with E-state index >= 15 is 0 Å². The molecule has 0 radical (unpaired) electrons. The molecule has 134 valence electrons. The predicted octanol–water partition coefficient (Wildman–Crippen LogP) is 3.09. The molecule has 9 heteroatoms. The van der Waals surface area contributed by atoms with Crippen LogP contribution >= 0.6 is 0 Å². The van der Waals surface area contributed by atoms with Crippen LogP contribution in [0.15, 0.2) is 47.4 Å². The van der Waals surface area contributed by atoms with Crippen LogP contribution in [0.4, 0.5) is 24.5 Å². The first-order valence-electron chi connectivity index (χ1n) is 7.30. The van der Waals surface area contributed by atoms with Gasteiger partial charge in [0, 0.05) is 11.9 Å². The van der Waals surface area contributed by atoms with Crippen LogP contribution in [0, 0.1) is 0 Å². The lowest BCUT2D eigenvalue weighted by molar-refractivity contribution is -0.136. The average molecular weight is 363 g/mol. The van der Waals surface area contributed by atoms with Crippen molar-refractivity contribution in [1.29, 1.82) is 0 Å². The number of H-pyrrole nitrogens is 1. The number of rotatable bonds is 2. The number of phenolic OH excluding ortho intramolecular Hbond substituents is 1. The van der Waals surface area contributed by atoms with Gasteiger partial charge in [0.25, 0.3) is 5.91 Å². The largest absolute Gasteiger partial charge is 0.507 e. The summed E-state index contributed by atoms with van der Waals surface area (Å²) in [5.41, 5.74) is 2.62. The second-order valence-corrected chi connectivity index (χ2v) is 5.49. The van der Waals surface area contributed by atoms with Crippen molar-refractivity contribution in [3.8, 4) is 5.75 Å². The fraction of sp³-hybridized carbons (Fsp3) is 0.0588. The van der Waals surface area contributed by atoms with E-state index in [2.05, 4.69) is 10.3 Å². The summed E-state index contributed by atoms with van der Waals surface area (Å²) in [7, 11) is 0. The first kappa shape index (κ1) is 17.3. The molecule has 6 nitrogen and oxygen atoms in total. The number of aromatic nitrogens is 1. The van der Waals surface area contributed by atoms with Crippen LogP contribution in [0.1, 0.15) is 15.9 Å². The van der Waals surface area contributed by atoms with E-state index in [1.54, 1.807) is 0 Å². The third-order valence-electron chi connectivity index (χ3n) is 3.73. The van der Waals surface area contributed by atoms with Gasteiger partial charge in [-0.25, -0.2) is 0 Å². The minimum atomic E-state index is -4.74. The van der Waals surface area contributed by atoms with Crippen LogP contribution in [-0.2, 0) is 6.18 Å². The number of nitrogens with two attached hydrogens (primary N) is 1. The van der Waals surface area contributed by atoms with E-state index in [1.165, 1.54) is 24.3 Å². The number of carbonyl (C=O) groups is 1. The van der Waals surface area contributed by atoms with Crippen molar-refractivity contribution in [2.45, 2.75) is 6.18 Å². The number of phenols is 1. The number of alkyl halides is 3. The van der Waals surface area contributed by atoms with Crippen LogP contribution in [-0.4, -0.2) is 16.0 Å². The molecule has 0 aliphatic rings. The maximum atomic E-state index is 13.1. The van der Waals surface area contributed by atoms with Crippen molar-refractivity contribution in [3.05, 3.63) is 63.9 Å². The monoisotopic (exact) mass is 363 g/mol. The number of nitrogens with one attached hydrogen (secondary N) is 2. The second kappa shape index (κ2) is 6.10. The van der Waals surface area contributed by atoms with E-state index in [0.717, 1.165) is 12.3 Å². The van der Waals surface area contributed by atoms with E-state index in [4.69, 9.17) is 5.73 Å². The Hall–Kier alpha value is -3.49. The first-order valence-corrected chi connectivity index (χ1v) is 7.30. The molecule has 3 aromatic rings. The molecule has 0 spiro atoms. The van der Waals surface area contributed by atoms with Gasteiger partial charge >= 0.3 is 6.18 Å². The summed E-state index contributed by atoms with van der Waals surface area (Å²) < 4.78 is 39.3. The molecule has 0 aliphatic heterocycles. The molecule has 0 atom stereocenters. The van der Waals surface area contributed by atoms with E-state index in [9.17, 15) is 27.9 Å². The van der Waals surface area contributed by atoms with Crippen molar-refractivity contribution >= 4 is 28.2 Å². The Morgan fingerprint density at radius 2 is 1.92 bits per heavy atom. The van der Waals surface area contributed by atoms with Gasteiger partial charge in [0.2, 0.25) is 5.43 Å². The lowest BCUT2D eigenvalue weighted by Crippen LogP contribution is -2.23. The quantitative estimate of drug-likeness (QED) is 0.525. The van der Waals surface area contributed by atoms with Crippen molar-refractivity contribution in [1.82, 2.24) is 4.98 Å². The molecule has 0 fully saturated rings. The van der Waals surface area contributed by atoms with E-state index in [1.807, 2.05) is 0 Å². The minimum absolute atomic E-state index is 0.121. The Morgan fingerprint density at radius 1 is 1.19 bits per heavy atom. The van der Waals surface area contributed by atoms with Gasteiger partial charge in [-0.3, -0.25) is 9.59 Å². The Balaban J connectivity index is 2.05. The van der Waals surface area contributed by atoms with Gasteiger partial charge in [0.05, 0.1) is 22.2 Å². The molecule has 5 N–H and O–H groups in total. The number of hydrogen-bond acceptors (Lipinski definition) is 4. The van der Waals surface area contributed by atoms with Gasteiger partial charge in [-0.05, 0) is 30.3 Å². The van der Waals surface area contributed by atoms with Gasteiger partial charge in [0.15, 0.2) is 0 Å². The number of halogens is 3. The van der Waals surface area contributed by atoms with Gasteiger partial charge in [0.1, 0.15) is 11.3 Å². The molecule has 0 saturated carbocycles. The smallest absolute Gasteiger partial charge is 0.418 e. The fourth-order valence-electron chi connectivity index (χ4n) is 2.51. The highest BCUT2D eigenvalue weighted by Gasteiger charge is 2.34. The van der Waals surface area contributed by atoms with Gasteiger partial charge in [-0.15, -0.1) is 0 Å². The number of benzene rings is 2. The number of aromatic hydroxyl groups is 1. The predicted molar refractivity (Wildman–Crippen MR) is 90.0 cm³/mol. The van der Waals surface area contributed by atoms with Crippen molar-refractivity contribution in [2.24, 2.45) is 0 Å². The third kappa shape index (κ3) is 3.06. The van der Waals surface area contributed by atoms with Crippen LogP contribution in [0.3, 0.4) is 0 Å². The van der Waals surface area contributed by atoms with Crippen molar-refractivity contribution < 1.29 is 23.1 Å². The Labute approximate surface area is 144 Å². The minimum Gasteiger partial charge on any atom is -0.507 e. The maximum absolute atomic E-state index is 13.1. The zero-order chi connectivity index (χ0) is 19.1. The van der Waals surface area contributed by atoms with E-state index < -0.39 is 34.3 Å². The lowest BCUT2D eigenvalue weighted by Gasteiger charge is -2.14. The lowest BCUT2D eigenvalue weighted by atomic mass is 10.1. The molecule has 0 bridgehead atoms. The van der Waals surface area contributed by atoms with Gasteiger partial charge in [-0.2, -0.15) is 13.2 Å². The summed E-state index contributed by atoms with van der Waals surface area (Å²) in [4.78, 5) is 27.4. The van der Waals surface area contributed by atoms with Gasteiger partial charge < -0.3 is 21.1 Å². The number of aromatic amines is 1. The molecule has 26 heavy (non-hydrogen) atoms. The number of amides is 1. The number of anilines is 2. The number of nitrogen functional groups attached to an aromatic ring is 1. The normalized spacial score (nSPS) is 11.5. The highest BCUT2D eigenvalue weighted by Crippen LogP contribution is 2.36. The molecule has 2 aromatic carbocycles. The molecular weight excluding hydrogens is 351 g/mol. The van der Waals surface area contributed by atoms with Gasteiger partial charge in [-0.1, -0.05) is 6.07 Å². The molecule has 3 rings (SSSR count). The zero-order valence-electron chi connectivity index (χ0n) is 13.0. The Kier molecular flexibility index (Phi) is 4.07. The Bertz CT molecular complexity index is 1070. The molecular formula is C17H12F3N3O3. The molecule has 0 aliphatic carbocycles. The standard InChI is InChI=1S/C17H12F3N3O3/c18-17(19,20)10-6-8(21)4-5-11(10)23-16(26)9-7-22-12-2-1-3-13(24)14(12)15(9)25/h1-7,24H,21H2,(H,22,25)(H,23,26). The van der Waals surface area contributed by atoms with Crippen LogP contribution in [0.5, 0.6) is 5.75 Å². The number of pyridine rings is 1. The first-order chi connectivity index (χ1) is 12.2. The number of hydrogen-bond donors (Lipinski definition) is 4. The maximum Gasteiger partial charge on any atom is 0.418 e. The average Bonchev–Trinajstić information content (AvgIpc) is 2.55. The summed E-state index contributed by atoms with van der Waals surface area (Å²) in [5, 5.41) is 11.8.